The summed E-state index contributed by atoms with van der Waals surface area (Å²) in [6.07, 6.45) is 0. The van der Waals surface area contributed by atoms with Crippen molar-refractivity contribution in [3.63, 3.8) is 0 Å². The second-order valence-electron chi connectivity index (χ2n) is 3.76. The molecule has 0 aromatic heterocycles. The molecular formula is C12H15ClN2O2S. The highest BCUT2D eigenvalue weighted by Gasteiger charge is 2.16. The first-order chi connectivity index (χ1) is 8.47. The normalized spacial score (nSPS) is 11.7. The van der Waals surface area contributed by atoms with Crippen molar-refractivity contribution in [1.82, 2.24) is 5.32 Å². The number of carbonyl (C=O) groups excluding carboxylic acids is 1. The Morgan fingerprint density at radius 1 is 1.61 bits per heavy atom. The fourth-order valence-corrected chi connectivity index (χ4v) is 1.70. The SMILES string of the molecule is COc1cccc(Cl)c1CNC(=O)C(C)C(N)=S. The molecule has 1 rings (SSSR count). The molecule has 0 aliphatic carbocycles. The number of thiocarbonyl (C=S) groups is 1. The van der Waals surface area contributed by atoms with Gasteiger partial charge in [0.25, 0.3) is 0 Å². The number of hydrogen-bond acceptors (Lipinski definition) is 3. The van der Waals surface area contributed by atoms with Crippen LogP contribution in [-0.4, -0.2) is 18.0 Å². The van der Waals surface area contributed by atoms with Gasteiger partial charge < -0.3 is 15.8 Å². The lowest BCUT2D eigenvalue weighted by Gasteiger charge is -2.13. The van der Waals surface area contributed by atoms with E-state index in [0.717, 1.165) is 5.56 Å². The van der Waals surface area contributed by atoms with E-state index in [1.165, 1.54) is 0 Å². The molecule has 0 saturated heterocycles. The van der Waals surface area contributed by atoms with Gasteiger partial charge in [0, 0.05) is 17.1 Å². The van der Waals surface area contributed by atoms with Gasteiger partial charge in [-0.15, -0.1) is 0 Å². The van der Waals surface area contributed by atoms with E-state index >= 15 is 0 Å². The van der Waals surface area contributed by atoms with Gasteiger partial charge in [-0.05, 0) is 19.1 Å². The van der Waals surface area contributed by atoms with Crippen molar-refractivity contribution in [1.29, 1.82) is 0 Å². The fourth-order valence-electron chi connectivity index (χ4n) is 1.36. The van der Waals surface area contributed by atoms with E-state index in [1.807, 2.05) is 0 Å². The van der Waals surface area contributed by atoms with Crippen LogP contribution in [-0.2, 0) is 11.3 Å². The Hall–Kier alpha value is -1.33. The number of methoxy groups -OCH3 is 1. The number of carbonyl (C=O) groups is 1. The third-order valence-electron chi connectivity index (χ3n) is 2.56. The quantitative estimate of drug-likeness (QED) is 0.812. The van der Waals surface area contributed by atoms with Gasteiger partial charge in [0.1, 0.15) is 5.75 Å². The van der Waals surface area contributed by atoms with Crippen LogP contribution in [0.5, 0.6) is 5.75 Å². The zero-order valence-electron chi connectivity index (χ0n) is 10.2. The van der Waals surface area contributed by atoms with Gasteiger partial charge in [-0.25, -0.2) is 0 Å². The molecule has 18 heavy (non-hydrogen) atoms. The Morgan fingerprint density at radius 3 is 2.83 bits per heavy atom. The Morgan fingerprint density at radius 2 is 2.28 bits per heavy atom. The number of hydrogen-bond donors (Lipinski definition) is 2. The Balaban J connectivity index is 2.75. The van der Waals surface area contributed by atoms with Crippen LogP contribution in [0.15, 0.2) is 18.2 Å². The average Bonchev–Trinajstić information content (AvgIpc) is 2.35. The molecule has 1 unspecified atom stereocenters. The predicted molar refractivity (Wildman–Crippen MR) is 75.8 cm³/mol. The van der Waals surface area contributed by atoms with Crippen LogP contribution in [0.2, 0.25) is 5.02 Å². The molecule has 0 spiro atoms. The van der Waals surface area contributed by atoms with E-state index in [0.29, 0.717) is 10.8 Å². The number of halogens is 1. The minimum Gasteiger partial charge on any atom is -0.496 e. The molecule has 0 radical (unpaired) electrons. The van der Waals surface area contributed by atoms with E-state index < -0.39 is 5.92 Å². The van der Waals surface area contributed by atoms with Gasteiger partial charge in [-0.1, -0.05) is 29.9 Å². The average molecular weight is 287 g/mol. The monoisotopic (exact) mass is 286 g/mol. The number of nitrogens with one attached hydrogen (secondary N) is 1. The Bertz CT molecular complexity index is 465. The van der Waals surface area contributed by atoms with Gasteiger partial charge in [0.2, 0.25) is 5.91 Å². The molecule has 1 atom stereocenters. The molecule has 98 valence electrons. The lowest BCUT2D eigenvalue weighted by Crippen LogP contribution is -2.35. The molecule has 6 heteroatoms. The lowest BCUT2D eigenvalue weighted by molar-refractivity contribution is -0.122. The molecule has 0 heterocycles. The minimum absolute atomic E-state index is 0.165. The molecule has 0 fully saturated rings. The zero-order chi connectivity index (χ0) is 13.7. The molecule has 0 bridgehead atoms. The van der Waals surface area contributed by atoms with Crippen LogP contribution >= 0.6 is 23.8 Å². The van der Waals surface area contributed by atoms with Crippen molar-refractivity contribution in [3.05, 3.63) is 28.8 Å². The zero-order valence-corrected chi connectivity index (χ0v) is 11.8. The summed E-state index contributed by atoms with van der Waals surface area (Å²) in [6.45, 7) is 1.93. The molecule has 0 saturated carbocycles. The highest BCUT2D eigenvalue weighted by atomic mass is 35.5. The van der Waals surface area contributed by atoms with Crippen molar-refractivity contribution < 1.29 is 9.53 Å². The minimum atomic E-state index is -0.506. The van der Waals surface area contributed by atoms with E-state index in [-0.39, 0.29) is 17.4 Å². The molecule has 4 nitrogen and oxygen atoms in total. The third kappa shape index (κ3) is 3.58. The highest BCUT2D eigenvalue weighted by Crippen LogP contribution is 2.25. The van der Waals surface area contributed by atoms with Crippen LogP contribution in [0.3, 0.4) is 0 Å². The molecule has 1 aromatic carbocycles. The van der Waals surface area contributed by atoms with Gasteiger partial charge in [0.05, 0.1) is 18.0 Å². The predicted octanol–water partition coefficient (Wildman–Crippen LogP) is 1.89. The van der Waals surface area contributed by atoms with Crippen molar-refractivity contribution in [2.45, 2.75) is 13.5 Å². The van der Waals surface area contributed by atoms with E-state index in [9.17, 15) is 4.79 Å². The number of nitrogens with two attached hydrogens (primary N) is 1. The second-order valence-corrected chi connectivity index (χ2v) is 4.64. The van der Waals surface area contributed by atoms with Crippen molar-refractivity contribution in [2.24, 2.45) is 11.7 Å². The van der Waals surface area contributed by atoms with Gasteiger partial charge in [-0.2, -0.15) is 0 Å². The summed E-state index contributed by atoms with van der Waals surface area (Å²) < 4.78 is 5.18. The van der Waals surface area contributed by atoms with Gasteiger partial charge >= 0.3 is 0 Å². The van der Waals surface area contributed by atoms with Gasteiger partial charge in [-0.3, -0.25) is 4.79 Å². The molecule has 1 amide bonds. The molecule has 0 aliphatic heterocycles. The maximum absolute atomic E-state index is 11.7. The molecule has 0 aliphatic rings. The number of ether oxygens (including phenoxy) is 1. The van der Waals surface area contributed by atoms with Gasteiger partial charge in [0.15, 0.2) is 0 Å². The number of amides is 1. The summed E-state index contributed by atoms with van der Waals surface area (Å²) >= 11 is 10.8. The highest BCUT2D eigenvalue weighted by molar-refractivity contribution is 7.80. The van der Waals surface area contributed by atoms with Crippen molar-refractivity contribution >= 4 is 34.7 Å². The summed E-state index contributed by atoms with van der Waals surface area (Å²) in [6, 6.07) is 5.30. The number of rotatable bonds is 5. The molecule has 1 aromatic rings. The van der Waals surface area contributed by atoms with Crippen LogP contribution in [0.1, 0.15) is 12.5 Å². The maximum Gasteiger partial charge on any atom is 0.229 e. The Kier molecular flexibility index (Phi) is 5.37. The first-order valence-corrected chi connectivity index (χ1v) is 6.14. The van der Waals surface area contributed by atoms with Crippen LogP contribution in [0.4, 0.5) is 0 Å². The number of benzene rings is 1. The molecular weight excluding hydrogens is 272 g/mol. The smallest absolute Gasteiger partial charge is 0.229 e. The Labute approximate surface area is 116 Å². The first-order valence-electron chi connectivity index (χ1n) is 5.35. The van der Waals surface area contributed by atoms with Crippen molar-refractivity contribution in [3.8, 4) is 5.75 Å². The molecule has 3 N–H and O–H groups in total. The topological polar surface area (TPSA) is 64.3 Å². The standard InChI is InChI=1S/C12H15ClN2O2S/c1-7(11(14)18)12(16)15-6-8-9(13)4-3-5-10(8)17-2/h3-5,7H,6H2,1-2H3,(H2,14,18)(H,15,16). The summed E-state index contributed by atoms with van der Waals surface area (Å²) in [5, 5.41) is 3.26. The van der Waals surface area contributed by atoms with Crippen LogP contribution in [0, 0.1) is 5.92 Å². The van der Waals surface area contributed by atoms with Crippen LogP contribution in [0.25, 0.3) is 0 Å². The summed E-state index contributed by atoms with van der Waals surface area (Å²) in [5.74, 6) is -0.108. The summed E-state index contributed by atoms with van der Waals surface area (Å²) in [4.78, 5) is 11.9. The second kappa shape index (κ2) is 6.56. The fraction of sp³-hybridized carbons (Fsp3) is 0.333. The van der Waals surface area contributed by atoms with Crippen LogP contribution < -0.4 is 15.8 Å². The van der Waals surface area contributed by atoms with E-state index in [1.54, 1.807) is 32.2 Å². The van der Waals surface area contributed by atoms with E-state index in [2.05, 4.69) is 5.32 Å². The third-order valence-corrected chi connectivity index (χ3v) is 3.26. The largest absolute Gasteiger partial charge is 0.496 e. The first kappa shape index (κ1) is 14.7. The van der Waals surface area contributed by atoms with E-state index in [4.69, 9.17) is 34.3 Å². The summed E-state index contributed by atoms with van der Waals surface area (Å²) in [5.41, 5.74) is 6.14. The maximum atomic E-state index is 11.7. The van der Waals surface area contributed by atoms with Crippen molar-refractivity contribution in [2.75, 3.05) is 7.11 Å². The lowest BCUT2D eigenvalue weighted by atomic mass is 10.1. The summed E-state index contributed by atoms with van der Waals surface area (Å²) in [7, 11) is 1.55.